The number of nitrogens with zero attached hydrogens (tertiary/aromatic N) is 8. The number of anilines is 2. The summed E-state index contributed by atoms with van der Waals surface area (Å²) in [5.41, 5.74) is 3.80. The van der Waals surface area contributed by atoms with Crippen LogP contribution in [0.25, 0.3) is 11.1 Å². The molecule has 4 amide bonds. The molecule has 6 heterocycles. The van der Waals surface area contributed by atoms with E-state index in [1.165, 1.54) is 16.7 Å². The van der Waals surface area contributed by atoms with Crippen molar-refractivity contribution in [2.24, 2.45) is 0 Å². The van der Waals surface area contributed by atoms with Crippen molar-refractivity contribution in [1.29, 1.82) is 0 Å². The normalized spacial score (nSPS) is 19.6. The third-order valence-corrected chi connectivity index (χ3v) is 14.3. The Morgan fingerprint density at radius 2 is 0.830 bits per heavy atom. The number of halogens is 6. The van der Waals surface area contributed by atoms with Crippen molar-refractivity contribution in [3.05, 3.63) is 70.5 Å². The van der Waals surface area contributed by atoms with Gasteiger partial charge in [0.25, 0.3) is 0 Å². The summed E-state index contributed by atoms with van der Waals surface area (Å²) < 4.78 is 147. The molecule has 0 unspecified atom stereocenters. The first kappa shape index (κ1) is 75.1. The second kappa shape index (κ2) is 29.0. The third kappa shape index (κ3) is 23.4. The lowest BCUT2D eigenvalue weighted by Gasteiger charge is -2.34. The molecule has 24 nitrogen and oxygen atoms in total. The van der Waals surface area contributed by atoms with Gasteiger partial charge in [-0.1, -0.05) is 12.2 Å². The fraction of sp³-hybridized carbons (Fsp3) is 0.643. The van der Waals surface area contributed by atoms with Crippen molar-refractivity contribution in [2.45, 2.75) is 208 Å². The summed E-state index contributed by atoms with van der Waals surface area (Å²) in [5, 5.41) is 16.2. The van der Waals surface area contributed by atoms with Crippen molar-refractivity contribution in [1.82, 2.24) is 40.0 Å². The Bertz CT molecular complexity index is 3130. The topological polar surface area (TPSA) is 308 Å². The Kier molecular flexibility index (Phi) is 24.8. The quantitative estimate of drug-likeness (QED) is 0.117. The summed E-state index contributed by atoms with van der Waals surface area (Å²) in [4.78, 5) is 54.3. The van der Waals surface area contributed by atoms with Gasteiger partial charge in [0.05, 0.1) is 23.5 Å². The average Bonchev–Trinajstić information content (AvgIpc) is 2.68. The fourth-order valence-electron chi connectivity index (χ4n) is 8.41. The molecule has 6 rings (SSSR count). The minimum absolute atomic E-state index is 0.00467. The largest absolute Gasteiger partial charge is 0.534 e. The number of alkyl halides is 6. The van der Waals surface area contributed by atoms with Crippen LogP contribution in [0.5, 0.6) is 0 Å². The van der Waals surface area contributed by atoms with Crippen molar-refractivity contribution in [3.63, 3.8) is 0 Å². The molecule has 0 spiro atoms. The first-order valence-electron chi connectivity index (χ1n) is 27.8. The van der Waals surface area contributed by atoms with Gasteiger partial charge < -0.3 is 58.4 Å². The molecule has 2 aromatic heterocycles. The number of carbonyl (C=O) groups excluding carboxylic acids is 4. The number of rotatable bonds is 6. The molecule has 0 aliphatic carbocycles. The Morgan fingerprint density at radius 1 is 0.489 bits per heavy atom. The Balaban J connectivity index is 0.000000307. The van der Waals surface area contributed by atoms with Crippen molar-refractivity contribution in [2.75, 3.05) is 37.6 Å². The minimum atomic E-state index is -5.69. The summed E-state index contributed by atoms with van der Waals surface area (Å²) in [7, 11) is -11.4. The van der Waals surface area contributed by atoms with Crippen LogP contribution < -0.4 is 11.5 Å². The van der Waals surface area contributed by atoms with E-state index in [1.54, 1.807) is 58.3 Å². The van der Waals surface area contributed by atoms with Crippen LogP contribution in [0.1, 0.15) is 159 Å². The molecule has 4 atom stereocenters. The number of carbonyl (C=O) groups is 4. The molecule has 0 fully saturated rings. The molecule has 0 saturated carbocycles. The lowest BCUT2D eigenvalue weighted by atomic mass is 9.96. The predicted molar refractivity (Wildman–Crippen MR) is 315 cm³/mol. The van der Waals surface area contributed by atoms with Gasteiger partial charge in [0.1, 0.15) is 45.6 Å². The number of nitrogen functional groups attached to an aromatic ring is 2. The van der Waals surface area contributed by atoms with E-state index in [-0.39, 0.29) is 61.7 Å². The number of aryl methyl sites for hydroxylation is 2. The van der Waals surface area contributed by atoms with Gasteiger partial charge in [0.2, 0.25) is 0 Å². The lowest BCUT2D eigenvalue weighted by Crippen LogP contribution is -2.44. The molecular weight excluding hydrogens is 1210 g/mol. The highest BCUT2D eigenvalue weighted by Gasteiger charge is 2.50. The zero-order valence-electron chi connectivity index (χ0n) is 53.0. The Hall–Kier alpha value is -7.12. The molecule has 88 heavy (non-hydrogen) atoms. The van der Waals surface area contributed by atoms with Gasteiger partial charge in [-0.25, -0.2) is 19.2 Å². The second-order valence-corrected chi connectivity index (χ2v) is 28.1. The summed E-state index contributed by atoms with van der Waals surface area (Å²) in [6.07, 6.45) is 5.63. The number of ether oxygens (including phenoxy) is 4. The fourth-order valence-corrected chi connectivity index (χ4v) is 9.44. The van der Waals surface area contributed by atoms with E-state index in [1.807, 2.05) is 93.5 Å². The van der Waals surface area contributed by atoms with Gasteiger partial charge in [-0.3, -0.25) is 0 Å². The number of hydrogen-bond donors (Lipinski definition) is 2. The molecule has 2 aromatic rings. The van der Waals surface area contributed by atoms with E-state index < -0.39 is 77.9 Å². The van der Waals surface area contributed by atoms with Crippen LogP contribution in [0.15, 0.2) is 48.0 Å². The lowest BCUT2D eigenvalue weighted by molar-refractivity contribution is -0.0530. The first-order valence-corrected chi connectivity index (χ1v) is 30.6. The minimum Gasteiger partial charge on any atom is -0.444 e. The maximum atomic E-state index is 12.3. The van der Waals surface area contributed by atoms with Crippen molar-refractivity contribution < 1.29 is 89.7 Å². The standard InChI is InChI=1S/2C16H24N4O2.2C12H18F3NO5S/c2*1-10-8-13(17)18-19-14(10)12-6-7-20(11(2)9-12)15(21)22-16(3,4)5;2*1-8-7-9(21-22(18,19)12(13,14)15)5-6-16(8)10(17)20-11(2,3)4/h8-9,11H,6-7H2,1-5H3,(H2,17,18);6,8,11H,7,9H2,1-5H3,(H2,17,18);7-8H,5-6H2,1-4H3;5,8H,6-7H2,1-4H3/t2*11-;2*8-/m0000/s1. The number of amides is 4. The maximum Gasteiger partial charge on any atom is 0.534 e. The van der Waals surface area contributed by atoms with Crippen LogP contribution >= 0.6 is 0 Å². The maximum absolute atomic E-state index is 12.3. The second-order valence-electron chi connectivity index (χ2n) is 25.0. The molecule has 0 bridgehead atoms. The zero-order valence-corrected chi connectivity index (χ0v) is 54.6. The number of aromatic nitrogens is 4. The molecule has 4 aliphatic heterocycles. The van der Waals surface area contributed by atoms with E-state index >= 15 is 0 Å². The third-order valence-electron chi connectivity index (χ3n) is 12.3. The zero-order chi connectivity index (χ0) is 67.7. The van der Waals surface area contributed by atoms with Gasteiger partial charge in [0.15, 0.2) is 0 Å². The molecular formula is C56H84F6N10O14S2. The van der Waals surface area contributed by atoms with Crippen LogP contribution in [-0.2, 0) is 47.5 Å². The van der Waals surface area contributed by atoms with Gasteiger partial charge >= 0.3 is 55.6 Å². The molecule has 4 N–H and O–H groups in total. The first-order chi connectivity index (χ1) is 39.8. The highest BCUT2D eigenvalue weighted by molar-refractivity contribution is 7.88. The van der Waals surface area contributed by atoms with E-state index in [4.69, 9.17) is 30.4 Å². The van der Waals surface area contributed by atoms with Crippen molar-refractivity contribution in [3.8, 4) is 0 Å². The SMILES string of the molecule is C[C@H]1C=C(OS(=O)(=O)C(F)(F)F)CCN1C(=O)OC(C)(C)C.C[C@H]1CC(OS(=O)(=O)C(F)(F)F)=CCN1C(=O)OC(C)(C)C.Cc1cc(N)nnc1C1=CCN(C(=O)OC(C)(C)C)[C@@H](C)C1.Cc1cc(N)nnc1C1=C[C@H](C)N(C(=O)OC(C)(C)C)CC1. The highest BCUT2D eigenvalue weighted by atomic mass is 32.2. The predicted octanol–water partition coefficient (Wildman–Crippen LogP) is 11.1. The molecule has 0 saturated heterocycles. The number of hydrogen-bond acceptors (Lipinski definition) is 20. The summed E-state index contributed by atoms with van der Waals surface area (Å²) in [6.45, 7) is 33.3. The van der Waals surface area contributed by atoms with Crippen LogP contribution in [0.3, 0.4) is 0 Å². The van der Waals surface area contributed by atoms with Gasteiger partial charge in [-0.15, -0.1) is 20.4 Å². The molecule has 496 valence electrons. The van der Waals surface area contributed by atoms with Gasteiger partial charge in [0, 0.05) is 51.1 Å². The van der Waals surface area contributed by atoms with E-state index in [9.17, 15) is 62.4 Å². The van der Waals surface area contributed by atoms with Gasteiger partial charge in [-0.2, -0.15) is 43.2 Å². The summed E-state index contributed by atoms with van der Waals surface area (Å²) in [6, 6.07) is 2.42. The van der Waals surface area contributed by atoms with E-state index in [0.717, 1.165) is 58.7 Å². The van der Waals surface area contributed by atoms with Crippen molar-refractivity contribution >= 4 is 67.4 Å². The van der Waals surface area contributed by atoms with Gasteiger partial charge in [-0.05, 0) is 184 Å². The highest BCUT2D eigenvalue weighted by Crippen LogP contribution is 2.33. The van der Waals surface area contributed by atoms with E-state index in [2.05, 4.69) is 28.8 Å². The Labute approximate surface area is 511 Å². The van der Waals surface area contributed by atoms with Crippen LogP contribution in [-0.4, -0.2) is 165 Å². The molecule has 4 aliphatic rings. The van der Waals surface area contributed by atoms with Crippen LogP contribution in [0.2, 0.25) is 0 Å². The summed E-state index contributed by atoms with van der Waals surface area (Å²) >= 11 is 0. The average molecular weight is 1300 g/mol. The smallest absolute Gasteiger partial charge is 0.444 e. The molecule has 0 aromatic carbocycles. The molecule has 32 heteroatoms. The summed E-state index contributed by atoms with van der Waals surface area (Å²) in [5.74, 6) is 0.149. The Morgan fingerprint density at radius 3 is 1.17 bits per heavy atom. The van der Waals surface area contributed by atoms with Crippen LogP contribution in [0.4, 0.5) is 57.2 Å². The van der Waals surface area contributed by atoms with Crippen LogP contribution in [0, 0.1) is 13.8 Å². The van der Waals surface area contributed by atoms with E-state index in [0.29, 0.717) is 24.7 Å². The number of nitrogens with two attached hydrogens (primary N) is 2. The monoisotopic (exact) mass is 1300 g/mol. The molecule has 0 radical (unpaired) electrons.